The van der Waals surface area contributed by atoms with Gasteiger partial charge in [0.25, 0.3) is 0 Å². The molecule has 28 heavy (non-hydrogen) atoms. The molecule has 0 radical (unpaired) electrons. The molecule has 0 atom stereocenters. The third-order valence-corrected chi connectivity index (χ3v) is 4.64. The van der Waals surface area contributed by atoms with E-state index in [4.69, 9.17) is 11.6 Å². The Morgan fingerprint density at radius 2 is 1.79 bits per heavy atom. The first-order valence-electron chi connectivity index (χ1n) is 8.81. The molecule has 0 aliphatic heterocycles. The predicted octanol–water partition coefficient (Wildman–Crippen LogP) is 5.05. The van der Waals surface area contributed by atoms with Gasteiger partial charge in [-0.1, -0.05) is 35.9 Å². The van der Waals surface area contributed by atoms with Crippen LogP contribution in [0.4, 0.5) is 16.2 Å². The van der Waals surface area contributed by atoms with Gasteiger partial charge in [0, 0.05) is 16.3 Å². The molecule has 1 heterocycles. The van der Waals surface area contributed by atoms with Crippen LogP contribution in [0.1, 0.15) is 34.2 Å². The van der Waals surface area contributed by atoms with Crippen LogP contribution in [-0.2, 0) is 6.54 Å². The number of carbonyl (C=O) groups is 2. The van der Waals surface area contributed by atoms with Gasteiger partial charge >= 0.3 is 6.03 Å². The monoisotopic (exact) mass is 396 g/mol. The number of halogens is 1. The van der Waals surface area contributed by atoms with Gasteiger partial charge in [-0.15, -0.1) is 0 Å². The number of amides is 2. The average Bonchev–Trinajstić information content (AvgIpc) is 2.91. The summed E-state index contributed by atoms with van der Waals surface area (Å²) in [5, 5.41) is 10.8. The van der Waals surface area contributed by atoms with E-state index in [9.17, 15) is 9.59 Å². The molecule has 2 N–H and O–H groups in total. The molecule has 0 saturated carbocycles. The van der Waals surface area contributed by atoms with E-state index in [1.807, 2.05) is 42.8 Å². The van der Waals surface area contributed by atoms with Gasteiger partial charge < -0.3 is 10.6 Å². The fourth-order valence-corrected chi connectivity index (χ4v) is 3.01. The number of urea groups is 1. The molecule has 0 fully saturated rings. The van der Waals surface area contributed by atoms with Crippen molar-refractivity contribution >= 4 is 34.8 Å². The van der Waals surface area contributed by atoms with E-state index in [1.54, 1.807) is 24.3 Å². The van der Waals surface area contributed by atoms with Crippen molar-refractivity contribution in [1.29, 1.82) is 0 Å². The van der Waals surface area contributed by atoms with Gasteiger partial charge in [-0.2, -0.15) is 5.10 Å². The number of aromatic nitrogens is 2. The third kappa shape index (κ3) is 4.58. The first-order chi connectivity index (χ1) is 13.3. The van der Waals surface area contributed by atoms with E-state index >= 15 is 0 Å². The summed E-state index contributed by atoms with van der Waals surface area (Å²) in [6, 6.07) is 14.0. The molecule has 0 saturated heterocycles. The fourth-order valence-electron chi connectivity index (χ4n) is 2.89. The van der Waals surface area contributed by atoms with Crippen LogP contribution in [0.2, 0.25) is 5.02 Å². The Bertz CT molecular complexity index is 1030. The lowest BCUT2D eigenvalue weighted by Gasteiger charge is -2.09. The van der Waals surface area contributed by atoms with Crippen LogP contribution in [0.3, 0.4) is 0 Å². The molecule has 6 nitrogen and oxygen atoms in total. The van der Waals surface area contributed by atoms with E-state index in [0.717, 1.165) is 17.0 Å². The lowest BCUT2D eigenvalue weighted by molar-refractivity contribution is 0.101. The van der Waals surface area contributed by atoms with Crippen LogP contribution in [0.15, 0.2) is 48.5 Å². The number of carbonyl (C=O) groups excluding carboxylic acids is 2. The lowest BCUT2D eigenvalue weighted by atomic mass is 10.1. The van der Waals surface area contributed by atoms with E-state index in [-0.39, 0.29) is 5.78 Å². The number of ketones is 1. The second kappa shape index (κ2) is 8.27. The van der Waals surface area contributed by atoms with Gasteiger partial charge in [0.15, 0.2) is 5.78 Å². The summed E-state index contributed by atoms with van der Waals surface area (Å²) in [7, 11) is 0. The van der Waals surface area contributed by atoms with Crippen LogP contribution < -0.4 is 10.6 Å². The topological polar surface area (TPSA) is 76.0 Å². The summed E-state index contributed by atoms with van der Waals surface area (Å²) in [6.45, 7) is 5.81. The predicted molar refractivity (Wildman–Crippen MR) is 111 cm³/mol. The highest BCUT2D eigenvalue weighted by molar-refractivity contribution is 6.30. The minimum Gasteiger partial charge on any atom is -0.308 e. The number of nitrogens with zero attached hydrogens (tertiary/aromatic N) is 2. The van der Waals surface area contributed by atoms with Crippen molar-refractivity contribution in [2.45, 2.75) is 27.3 Å². The van der Waals surface area contributed by atoms with E-state index in [1.165, 1.54) is 6.92 Å². The van der Waals surface area contributed by atoms with Crippen LogP contribution in [-0.4, -0.2) is 21.6 Å². The summed E-state index contributed by atoms with van der Waals surface area (Å²) in [5.41, 5.74) is 4.38. The quantitative estimate of drug-likeness (QED) is 0.592. The summed E-state index contributed by atoms with van der Waals surface area (Å²) in [6.07, 6.45) is 0. The lowest BCUT2D eigenvalue weighted by Crippen LogP contribution is -2.20. The second-order valence-corrected chi connectivity index (χ2v) is 6.98. The van der Waals surface area contributed by atoms with Crippen LogP contribution in [0.5, 0.6) is 0 Å². The molecule has 2 aromatic carbocycles. The van der Waals surface area contributed by atoms with Gasteiger partial charge in [0.05, 0.1) is 23.6 Å². The van der Waals surface area contributed by atoms with Crippen molar-refractivity contribution in [3.8, 4) is 0 Å². The number of rotatable bonds is 5. The highest BCUT2D eigenvalue weighted by Crippen LogP contribution is 2.21. The maximum atomic E-state index is 12.4. The summed E-state index contributed by atoms with van der Waals surface area (Å²) in [5.74, 6) is -0.0563. The molecule has 3 rings (SSSR count). The molecule has 0 aliphatic rings. The maximum absolute atomic E-state index is 12.4. The Balaban J connectivity index is 1.72. The summed E-state index contributed by atoms with van der Waals surface area (Å²) in [4.78, 5) is 23.9. The number of hydrogen-bond donors (Lipinski definition) is 2. The second-order valence-electron chi connectivity index (χ2n) is 6.55. The number of nitrogens with one attached hydrogen (secondary N) is 2. The molecule has 0 spiro atoms. The van der Waals surface area contributed by atoms with Gasteiger partial charge in [0.1, 0.15) is 0 Å². The Hall–Kier alpha value is -3.12. The first kappa shape index (κ1) is 19.6. The van der Waals surface area contributed by atoms with E-state index in [0.29, 0.717) is 28.5 Å². The fraction of sp³-hybridized carbons (Fsp3) is 0.190. The van der Waals surface area contributed by atoms with Crippen molar-refractivity contribution in [3.63, 3.8) is 0 Å². The largest absolute Gasteiger partial charge is 0.323 e. The molecule has 7 heteroatoms. The zero-order valence-electron chi connectivity index (χ0n) is 15.9. The van der Waals surface area contributed by atoms with Crippen molar-refractivity contribution in [2.24, 2.45) is 0 Å². The van der Waals surface area contributed by atoms with Gasteiger partial charge in [0.2, 0.25) is 0 Å². The van der Waals surface area contributed by atoms with Crippen LogP contribution in [0, 0.1) is 13.8 Å². The number of hydrogen-bond acceptors (Lipinski definition) is 3. The number of aryl methyl sites for hydroxylation is 1. The highest BCUT2D eigenvalue weighted by Gasteiger charge is 2.15. The molecule has 1 aromatic heterocycles. The minimum absolute atomic E-state index is 0.0563. The van der Waals surface area contributed by atoms with Crippen molar-refractivity contribution in [3.05, 3.63) is 76.1 Å². The summed E-state index contributed by atoms with van der Waals surface area (Å²) >= 11 is 5.93. The highest BCUT2D eigenvalue weighted by atomic mass is 35.5. The minimum atomic E-state index is -0.391. The van der Waals surface area contributed by atoms with Crippen molar-refractivity contribution in [2.75, 3.05) is 10.6 Å². The molecule has 2 amide bonds. The molecule has 0 bridgehead atoms. The molecule has 144 valence electrons. The third-order valence-electron chi connectivity index (χ3n) is 4.39. The summed E-state index contributed by atoms with van der Waals surface area (Å²) < 4.78 is 1.84. The Morgan fingerprint density at radius 1 is 1.07 bits per heavy atom. The van der Waals surface area contributed by atoms with Crippen LogP contribution >= 0.6 is 11.6 Å². The molecular formula is C21H21ClN4O2. The maximum Gasteiger partial charge on any atom is 0.323 e. The van der Waals surface area contributed by atoms with Crippen LogP contribution in [0.25, 0.3) is 0 Å². The zero-order valence-corrected chi connectivity index (χ0v) is 16.7. The SMILES string of the molecule is CC(=O)c1cccc(NC(=O)Nc2c(C)nn(Cc3ccc(Cl)cc3)c2C)c1. The Morgan fingerprint density at radius 3 is 2.46 bits per heavy atom. The smallest absolute Gasteiger partial charge is 0.308 e. The van der Waals surface area contributed by atoms with E-state index in [2.05, 4.69) is 15.7 Å². The molecule has 0 unspecified atom stereocenters. The molecule has 0 aliphatic carbocycles. The number of anilines is 2. The molecule has 3 aromatic rings. The van der Waals surface area contributed by atoms with Crippen molar-refractivity contribution < 1.29 is 9.59 Å². The number of benzene rings is 2. The van der Waals surface area contributed by atoms with Crippen molar-refractivity contribution in [1.82, 2.24) is 9.78 Å². The first-order valence-corrected chi connectivity index (χ1v) is 9.18. The standard InChI is InChI=1S/C21H21ClN4O2/c1-13-20(14(2)26(25-13)12-16-7-9-18(22)10-8-16)24-21(28)23-19-6-4-5-17(11-19)15(3)27/h4-11H,12H2,1-3H3,(H2,23,24,28). The number of Topliss-reactive ketones (excluding diaryl/α,β-unsaturated/α-hetero) is 1. The van der Waals surface area contributed by atoms with E-state index < -0.39 is 6.03 Å². The van der Waals surface area contributed by atoms with Gasteiger partial charge in [-0.05, 0) is 50.6 Å². The normalized spacial score (nSPS) is 10.6. The van der Waals surface area contributed by atoms with Gasteiger partial charge in [-0.3, -0.25) is 9.48 Å². The average molecular weight is 397 g/mol. The van der Waals surface area contributed by atoms with Gasteiger partial charge in [-0.25, -0.2) is 4.79 Å². The molecular weight excluding hydrogens is 376 g/mol. The Labute approximate surface area is 168 Å². The zero-order chi connectivity index (χ0) is 20.3. The Kier molecular flexibility index (Phi) is 5.80.